The third kappa shape index (κ3) is 4.25. The minimum atomic E-state index is 0.651. The van der Waals surface area contributed by atoms with Gasteiger partial charge in [0.2, 0.25) is 0 Å². The van der Waals surface area contributed by atoms with Crippen molar-refractivity contribution in [2.75, 3.05) is 19.8 Å². The first-order valence-electron chi connectivity index (χ1n) is 5.98. The molecule has 1 aromatic rings. The zero-order chi connectivity index (χ0) is 12.1. The molecule has 1 unspecified atom stereocenters. The Morgan fingerprint density at radius 1 is 1.47 bits per heavy atom. The van der Waals surface area contributed by atoms with E-state index in [0.717, 1.165) is 41.4 Å². The Bertz CT molecular complexity index is 366. The van der Waals surface area contributed by atoms with Gasteiger partial charge in [-0.3, -0.25) is 0 Å². The van der Waals surface area contributed by atoms with Gasteiger partial charge >= 0.3 is 0 Å². The summed E-state index contributed by atoms with van der Waals surface area (Å²) < 4.78 is 6.47. The number of ether oxygens (including phenoxy) is 1. The van der Waals surface area contributed by atoms with Gasteiger partial charge < -0.3 is 10.1 Å². The molecule has 0 aliphatic carbocycles. The van der Waals surface area contributed by atoms with Crippen LogP contribution in [0.15, 0.2) is 22.7 Å². The second-order valence-corrected chi connectivity index (χ2v) is 5.77. The summed E-state index contributed by atoms with van der Waals surface area (Å²) in [6, 6.07) is 6.01. The topological polar surface area (TPSA) is 21.3 Å². The first-order valence-corrected chi connectivity index (χ1v) is 7.15. The number of hydrogen-bond donors (Lipinski definition) is 1. The fourth-order valence-corrected chi connectivity index (χ4v) is 2.78. The maximum absolute atomic E-state index is 6.16. The molecule has 0 saturated carbocycles. The molecule has 1 saturated heterocycles. The number of hydrogen-bond acceptors (Lipinski definition) is 2. The third-order valence-corrected chi connectivity index (χ3v) is 3.86. The quantitative estimate of drug-likeness (QED) is 0.915. The average Bonchev–Trinajstić information content (AvgIpc) is 2.33. The lowest BCUT2D eigenvalue weighted by Crippen LogP contribution is -2.28. The van der Waals surface area contributed by atoms with Crippen LogP contribution in [0.1, 0.15) is 18.4 Å². The Labute approximate surface area is 116 Å². The maximum Gasteiger partial charge on any atom is 0.0506 e. The van der Waals surface area contributed by atoms with Crippen molar-refractivity contribution in [2.24, 2.45) is 5.92 Å². The van der Waals surface area contributed by atoms with Crippen LogP contribution in [0.4, 0.5) is 0 Å². The molecule has 0 bridgehead atoms. The van der Waals surface area contributed by atoms with Crippen LogP contribution >= 0.6 is 27.5 Å². The average molecular weight is 319 g/mol. The van der Waals surface area contributed by atoms with E-state index in [1.54, 1.807) is 0 Å². The molecule has 2 rings (SSSR count). The van der Waals surface area contributed by atoms with Gasteiger partial charge in [0, 0.05) is 29.2 Å². The van der Waals surface area contributed by atoms with Gasteiger partial charge in [0.05, 0.1) is 6.61 Å². The van der Waals surface area contributed by atoms with Crippen molar-refractivity contribution in [1.29, 1.82) is 0 Å². The molecular weight excluding hydrogens is 302 g/mol. The van der Waals surface area contributed by atoms with Crippen LogP contribution < -0.4 is 5.32 Å². The monoisotopic (exact) mass is 317 g/mol. The number of rotatable bonds is 4. The fourth-order valence-electron chi connectivity index (χ4n) is 2.04. The zero-order valence-electron chi connectivity index (χ0n) is 9.72. The summed E-state index contributed by atoms with van der Waals surface area (Å²) in [5, 5.41) is 4.26. The Morgan fingerprint density at radius 3 is 3.06 bits per heavy atom. The molecule has 2 nitrogen and oxygen atoms in total. The van der Waals surface area contributed by atoms with Crippen LogP contribution in [0.3, 0.4) is 0 Å². The number of benzene rings is 1. The van der Waals surface area contributed by atoms with Crippen molar-refractivity contribution >= 4 is 27.5 Å². The highest BCUT2D eigenvalue weighted by Gasteiger charge is 2.13. The van der Waals surface area contributed by atoms with Gasteiger partial charge in [-0.15, -0.1) is 0 Å². The highest BCUT2D eigenvalue weighted by atomic mass is 79.9. The Morgan fingerprint density at radius 2 is 2.35 bits per heavy atom. The zero-order valence-corrected chi connectivity index (χ0v) is 12.1. The van der Waals surface area contributed by atoms with Crippen molar-refractivity contribution in [3.63, 3.8) is 0 Å². The van der Waals surface area contributed by atoms with Crippen molar-refractivity contribution in [1.82, 2.24) is 5.32 Å². The lowest BCUT2D eigenvalue weighted by Gasteiger charge is -2.22. The largest absolute Gasteiger partial charge is 0.381 e. The summed E-state index contributed by atoms with van der Waals surface area (Å²) in [4.78, 5) is 0. The van der Waals surface area contributed by atoms with Gasteiger partial charge in [0.25, 0.3) is 0 Å². The second-order valence-electron chi connectivity index (χ2n) is 4.45. The van der Waals surface area contributed by atoms with E-state index in [9.17, 15) is 0 Å². The molecule has 0 spiro atoms. The van der Waals surface area contributed by atoms with Crippen molar-refractivity contribution in [2.45, 2.75) is 19.4 Å². The van der Waals surface area contributed by atoms with Gasteiger partial charge in [-0.25, -0.2) is 0 Å². The van der Waals surface area contributed by atoms with Crippen LogP contribution in [0.2, 0.25) is 5.02 Å². The fraction of sp³-hybridized carbons (Fsp3) is 0.538. The third-order valence-electron chi connectivity index (χ3n) is 3.02. The molecular formula is C13H17BrClNO. The van der Waals surface area contributed by atoms with E-state index in [4.69, 9.17) is 16.3 Å². The van der Waals surface area contributed by atoms with Crippen LogP contribution in [0.5, 0.6) is 0 Å². The molecule has 1 N–H and O–H groups in total. The SMILES string of the molecule is Clc1cc(Br)ccc1CNCC1CCCOC1. The lowest BCUT2D eigenvalue weighted by atomic mass is 10.0. The van der Waals surface area contributed by atoms with Gasteiger partial charge in [-0.2, -0.15) is 0 Å². The summed E-state index contributed by atoms with van der Waals surface area (Å²) in [7, 11) is 0. The Kier molecular flexibility index (Phi) is 5.29. The first-order chi connectivity index (χ1) is 8.25. The smallest absolute Gasteiger partial charge is 0.0506 e. The van der Waals surface area contributed by atoms with Gasteiger partial charge in [-0.1, -0.05) is 33.6 Å². The molecule has 17 heavy (non-hydrogen) atoms. The minimum Gasteiger partial charge on any atom is -0.381 e. The minimum absolute atomic E-state index is 0.651. The molecule has 1 aliphatic heterocycles. The van der Waals surface area contributed by atoms with Crippen LogP contribution in [-0.2, 0) is 11.3 Å². The van der Waals surface area contributed by atoms with Crippen molar-refractivity contribution in [3.8, 4) is 0 Å². The van der Waals surface area contributed by atoms with Crippen LogP contribution in [0.25, 0.3) is 0 Å². The highest BCUT2D eigenvalue weighted by molar-refractivity contribution is 9.10. The van der Waals surface area contributed by atoms with Crippen LogP contribution in [0, 0.1) is 5.92 Å². The predicted octanol–water partition coefficient (Wildman–Crippen LogP) is 3.62. The van der Waals surface area contributed by atoms with E-state index in [2.05, 4.69) is 27.3 Å². The predicted molar refractivity (Wildman–Crippen MR) is 74.4 cm³/mol. The molecule has 1 aliphatic rings. The lowest BCUT2D eigenvalue weighted by molar-refractivity contribution is 0.0547. The molecule has 0 amide bonds. The Balaban J connectivity index is 1.77. The summed E-state index contributed by atoms with van der Waals surface area (Å²) in [5.41, 5.74) is 1.14. The highest BCUT2D eigenvalue weighted by Crippen LogP contribution is 2.21. The molecule has 1 fully saturated rings. The summed E-state index contributed by atoms with van der Waals surface area (Å²) in [6.07, 6.45) is 2.45. The molecule has 1 heterocycles. The summed E-state index contributed by atoms with van der Waals surface area (Å²) in [5.74, 6) is 0.651. The van der Waals surface area contributed by atoms with E-state index in [1.165, 1.54) is 12.8 Å². The van der Waals surface area contributed by atoms with E-state index in [-0.39, 0.29) is 0 Å². The molecule has 1 aromatic carbocycles. The molecule has 0 aromatic heterocycles. The summed E-state index contributed by atoms with van der Waals surface area (Å²) >= 11 is 9.56. The number of nitrogens with one attached hydrogen (secondary N) is 1. The van der Waals surface area contributed by atoms with Crippen molar-refractivity contribution in [3.05, 3.63) is 33.3 Å². The van der Waals surface area contributed by atoms with Crippen LogP contribution in [-0.4, -0.2) is 19.8 Å². The molecule has 94 valence electrons. The first kappa shape index (κ1) is 13.3. The van der Waals surface area contributed by atoms with E-state index >= 15 is 0 Å². The molecule has 0 radical (unpaired) electrons. The Hall–Kier alpha value is -0.0900. The standard InChI is InChI=1S/C13H17BrClNO/c14-12-4-3-11(13(15)6-12)8-16-7-10-2-1-5-17-9-10/h3-4,6,10,16H,1-2,5,7-9H2. The van der Waals surface area contributed by atoms with Gasteiger partial charge in [-0.05, 0) is 36.5 Å². The van der Waals surface area contributed by atoms with Gasteiger partial charge in [0.1, 0.15) is 0 Å². The molecule has 4 heteroatoms. The van der Waals surface area contributed by atoms with Crippen molar-refractivity contribution < 1.29 is 4.74 Å². The second kappa shape index (κ2) is 6.74. The molecule has 1 atom stereocenters. The van der Waals surface area contributed by atoms with Gasteiger partial charge in [0.15, 0.2) is 0 Å². The maximum atomic E-state index is 6.16. The van der Waals surface area contributed by atoms with E-state index in [1.807, 2.05) is 12.1 Å². The number of halogens is 2. The van der Waals surface area contributed by atoms with E-state index in [0.29, 0.717) is 5.92 Å². The summed E-state index contributed by atoms with van der Waals surface area (Å²) in [6.45, 7) is 3.64. The van der Waals surface area contributed by atoms with E-state index < -0.39 is 0 Å². The normalized spacial score (nSPS) is 20.5.